The Morgan fingerprint density at radius 2 is 1.76 bits per heavy atom. The van der Waals surface area contributed by atoms with Crippen LogP contribution in [-0.4, -0.2) is 20.7 Å². The molecule has 0 aliphatic heterocycles. The minimum Gasteiger partial charge on any atom is -0.483 e. The van der Waals surface area contributed by atoms with E-state index in [1.165, 1.54) is 12.1 Å². The Morgan fingerprint density at radius 1 is 1.02 bits per heavy atom. The molecule has 1 amide bonds. The number of unbranched alkanes of at least 4 members (excludes halogenated alkanes) is 3. The van der Waals surface area contributed by atoms with Crippen LogP contribution >= 0.6 is 23.4 Å². The fourth-order valence-electron chi connectivity index (χ4n) is 4.14. The van der Waals surface area contributed by atoms with Crippen LogP contribution in [0.3, 0.4) is 0 Å². The van der Waals surface area contributed by atoms with Gasteiger partial charge in [0.1, 0.15) is 11.9 Å². The smallest absolute Gasteiger partial charge is 0.416 e. The molecule has 1 heterocycles. The highest BCUT2D eigenvalue weighted by atomic mass is 35.5. The zero-order valence-corrected chi connectivity index (χ0v) is 24.3. The van der Waals surface area contributed by atoms with E-state index in [9.17, 15) is 22.4 Å². The van der Waals surface area contributed by atoms with Gasteiger partial charge in [-0.2, -0.15) is 13.2 Å². The third-order valence-electron chi connectivity index (χ3n) is 6.34. The number of thioether (sulfide) groups is 1. The molecule has 0 saturated heterocycles. The van der Waals surface area contributed by atoms with Gasteiger partial charge in [0.25, 0.3) is 0 Å². The number of nitrogens with one attached hydrogen (secondary N) is 1. The van der Waals surface area contributed by atoms with Crippen molar-refractivity contribution in [2.24, 2.45) is 0 Å². The molecule has 222 valence electrons. The summed E-state index contributed by atoms with van der Waals surface area (Å²) in [4.78, 5) is 13.6. The molecule has 3 aromatic carbocycles. The maximum atomic E-state index is 14.1. The van der Waals surface area contributed by atoms with Gasteiger partial charge in [-0.15, -0.1) is 10.2 Å². The minimum absolute atomic E-state index is 0.0279. The normalized spacial score (nSPS) is 12.2. The number of hydrogen-bond donors (Lipinski definition) is 1. The average Bonchev–Trinajstić information content (AvgIpc) is 3.35. The highest BCUT2D eigenvalue weighted by Gasteiger charge is 2.32. The summed E-state index contributed by atoms with van der Waals surface area (Å²) in [5, 5.41) is 10.6. The largest absolute Gasteiger partial charge is 0.483 e. The minimum atomic E-state index is -4.60. The molecule has 0 aliphatic carbocycles. The van der Waals surface area contributed by atoms with Crippen molar-refractivity contribution >= 4 is 35.0 Å². The molecule has 1 aromatic heterocycles. The summed E-state index contributed by atoms with van der Waals surface area (Å²) < 4.78 is 61.6. The number of benzene rings is 3. The zero-order chi connectivity index (χ0) is 30.1. The number of nitrogens with zero attached hydrogens (tertiary/aromatic N) is 3. The van der Waals surface area contributed by atoms with Crippen LogP contribution in [0.15, 0.2) is 78.0 Å². The molecule has 4 rings (SSSR count). The number of hydrogen-bond acceptors (Lipinski definition) is 5. The predicted octanol–water partition coefficient (Wildman–Crippen LogP) is 8.72. The van der Waals surface area contributed by atoms with Crippen LogP contribution in [0.2, 0.25) is 5.02 Å². The molecule has 1 atom stereocenters. The number of para-hydroxylation sites is 1. The number of aromatic nitrogens is 3. The van der Waals surface area contributed by atoms with E-state index in [1.54, 1.807) is 42.5 Å². The number of ether oxygens (including phenoxy) is 1. The van der Waals surface area contributed by atoms with Gasteiger partial charge in [0.2, 0.25) is 5.91 Å². The number of amides is 1. The fraction of sp³-hybridized carbons (Fsp3) is 0.300. The molecule has 6 nitrogen and oxygen atoms in total. The number of rotatable bonds is 13. The van der Waals surface area contributed by atoms with E-state index in [0.29, 0.717) is 23.1 Å². The molecule has 42 heavy (non-hydrogen) atoms. The van der Waals surface area contributed by atoms with Gasteiger partial charge in [-0.3, -0.25) is 4.79 Å². The van der Waals surface area contributed by atoms with Gasteiger partial charge in [0, 0.05) is 6.54 Å². The number of halogens is 5. The van der Waals surface area contributed by atoms with Crippen LogP contribution in [0.4, 0.5) is 23.2 Å². The Balaban J connectivity index is 1.62. The summed E-state index contributed by atoms with van der Waals surface area (Å²) in [7, 11) is 0. The van der Waals surface area contributed by atoms with E-state index >= 15 is 0 Å². The van der Waals surface area contributed by atoms with Crippen molar-refractivity contribution in [2.45, 2.75) is 62.3 Å². The molecule has 0 saturated carbocycles. The van der Waals surface area contributed by atoms with Gasteiger partial charge in [-0.05, 0) is 42.3 Å². The first-order valence-electron chi connectivity index (χ1n) is 13.4. The van der Waals surface area contributed by atoms with E-state index in [-0.39, 0.29) is 23.1 Å². The second-order valence-electron chi connectivity index (χ2n) is 9.42. The third kappa shape index (κ3) is 8.25. The average molecular weight is 621 g/mol. The van der Waals surface area contributed by atoms with E-state index in [2.05, 4.69) is 22.4 Å². The van der Waals surface area contributed by atoms with Crippen molar-refractivity contribution in [1.82, 2.24) is 14.8 Å². The molecule has 12 heteroatoms. The van der Waals surface area contributed by atoms with Crippen molar-refractivity contribution in [3.8, 4) is 5.75 Å². The third-order valence-corrected chi connectivity index (χ3v) is 7.90. The highest BCUT2D eigenvalue weighted by Crippen LogP contribution is 2.38. The first-order chi connectivity index (χ1) is 20.2. The second-order valence-corrected chi connectivity index (χ2v) is 10.9. The van der Waals surface area contributed by atoms with Gasteiger partial charge in [-0.1, -0.05) is 92.0 Å². The molecular weight excluding hydrogens is 592 g/mol. The second kappa shape index (κ2) is 14.6. The maximum absolute atomic E-state index is 14.1. The molecule has 0 bridgehead atoms. The number of alkyl halides is 3. The molecule has 1 N–H and O–H groups in total. The Kier molecular flexibility index (Phi) is 10.9. The van der Waals surface area contributed by atoms with Gasteiger partial charge < -0.3 is 14.6 Å². The maximum Gasteiger partial charge on any atom is 0.416 e. The lowest BCUT2D eigenvalue weighted by Crippen LogP contribution is -2.20. The lowest BCUT2D eigenvalue weighted by atomic mass is 10.1. The van der Waals surface area contributed by atoms with E-state index in [1.807, 2.05) is 4.57 Å². The van der Waals surface area contributed by atoms with Crippen molar-refractivity contribution < 1.29 is 27.1 Å². The fourth-order valence-corrected chi connectivity index (χ4v) is 5.39. The first kappa shape index (κ1) is 31.4. The highest BCUT2D eigenvalue weighted by molar-refractivity contribution is 8.00. The van der Waals surface area contributed by atoms with Crippen LogP contribution in [0.1, 0.15) is 54.8 Å². The summed E-state index contributed by atoms with van der Waals surface area (Å²) in [6.07, 6.45) is -0.746. The summed E-state index contributed by atoms with van der Waals surface area (Å²) in [6.45, 7) is 2.59. The molecule has 0 radical (unpaired) electrons. The van der Waals surface area contributed by atoms with Gasteiger partial charge in [-0.25, -0.2) is 4.39 Å². The molecule has 0 spiro atoms. The lowest BCUT2D eigenvalue weighted by Gasteiger charge is -2.19. The quantitative estimate of drug-likeness (QED) is 0.0920. The van der Waals surface area contributed by atoms with Crippen LogP contribution in [-0.2, 0) is 24.1 Å². The van der Waals surface area contributed by atoms with Crippen LogP contribution in [0.5, 0.6) is 5.75 Å². The Labute approximate surface area is 250 Å². The van der Waals surface area contributed by atoms with Crippen LogP contribution in [0.25, 0.3) is 0 Å². The molecule has 0 fully saturated rings. The summed E-state index contributed by atoms with van der Waals surface area (Å²) in [6, 6.07) is 17.6. The topological polar surface area (TPSA) is 69.0 Å². The number of carbonyl (C=O) groups is 1. The summed E-state index contributed by atoms with van der Waals surface area (Å²) >= 11 is 7.26. The number of carbonyl (C=O) groups excluding carboxylic acids is 1. The van der Waals surface area contributed by atoms with Gasteiger partial charge in [0.05, 0.1) is 16.3 Å². The van der Waals surface area contributed by atoms with Crippen molar-refractivity contribution in [2.75, 3.05) is 5.32 Å². The Morgan fingerprint density at radius 3 is 2.48 bits per heavy atom. The molecular formula is C30H29ClF4N4O2S. The van der Waals surface area contributed by atoms with Crippen molar-refractivity contribution in [3.05, 3.63) is 101 Å². The standard InChI is InChI=1S/C30H29ClF4N4O2S/c1-2-3-4-10-17-39-26(19-41-25-14-9-8-13-23(25)32)37-38-29(39)42-27(20-11-6-5-7-12-20)28(40)36-24-18-21(30(33,34)35)15-16-22(24)31/h5-9,11-16,18,27H,2-4,10,17,19H2,1H3,(H,36,40). The lowest BCUT2D eigenvalue weighted by molar-refractivity contribution is -0.137. The molecule has 1 unspecified atom stereocenters. The van der Waals surface area contributed by atoms with Crippen molar-refractivity contribution in [3.63, 3.8) is 0 Å². The monoisotopic (exact) mass is 620 g/mol. The summed E-state index contributed by atoms with van der Waals surface area (Å²) in [5.74, 6) is -0.565. The summed E-state index contributed by atoms with van der Waals surface area (Å²) in [5.41, 5.74) is -0.483. The molecule has 4 aromatic rings. The van der Waals surface area contributed by atoms with Crippen LogP contribution < -0.4 is 10.1 Å². The van der Waals surface area contributed by atoms with Crippen LogP contribution in [0, 0.1) is 5.82 Å². The SMILES string of the molecule is CCCCCCn1c(COc2ccccc2F)nnc1SC(C(=O)Nc1cc(C(F)(F)F)ccc1Cl)c1ccccc1. The zero-order valence-electron chi connectivity index (χ0n) is 22.7. The van der Waals surface area contributed by atoms with Crippen molar-refractivity contribution in [1.29, 1.82) is 0 Å². The van der Waals surface area contributed by atoms with E-state index in [4.69, 9.17) is 16.3 Å². The molecule has 0 aliphatic rings. The van der Waals surface area contributed by atoms with E-state index in [0.717, 1.165) is 55.6 Å². The van der Waals surface area contributed by atoms with E-state index < -0.39 is 28.7 Å². The Hall–Kier alpha value is -3.57. The first-order valence-corrected chi connectivity index (χ1v) is 14.6. The van der Waals surface area contributed by atoms with Gasteiger partial charge >= 0.3 is 6.18 Å². The van der Waals surface area contributed by atoms with Gasteiger partial charge in [0.15, 0.2) is 22.5 Å². The Bertz CT molecular complexity index is 1480. The predicted molar refractivity (Wildman–Crippen MR) is 155 cm³/mol. The number of anilines is 1.